The third kappa shape index (κ3) is 4.87. The summed E-state index contributed by atoms with van der Waals surface area (Å²) in [5.74, 6) is 0.984. The zero-order valence-electron chi connectivity index (χ0n) is 14.7. The summed E-state index contributed by atoms with van der Waals surface area (Å²) >= 11 is 12.1. The van der Waals surface area contributed by atoms with Crippen LogP contribution < -0.4 is 10.2 Å². The number of nitrogens with one attached hydrogen (secondary N) is 1. The average molecular weight is 393 g/mol. The normalized spacial score (nSPS) is 16.3. The summed E-state index contributed by atoms with van der Waals surface area (Å²) in [5.41, 5.74) is 0.865. The van der Waals surface area contributed by atoms with E-state index in [0.717, 1.165) is 37.6 Å². The fourth-order valence-corrected chi connectivity index (χ4v) is 3.67. The second-order valence-electron chi connectivity index (χ2n) is 6.41. The van der Waals surface area contributed by atoms with Crippen LogP contribution in [0.5, 0.6) is 0 Å². The fraction of sp³-hybridized carbons (Fsp3) is 0.368. The van der Waals surface area contributed by atoms with E-state index in [0.29, 0.717) is 16.6 Å². The minimum atomic E-state index is -0.165. The van der Waals surface area contributed by atoms with Gasteiger partial charge in [-0.2, -0.15) is 0 Å². The van der Waals surface area contributed by atoms with Crippen LogP contribution in [0.4, 0.5) is 5.82 Å². The van der Waals surface area contributed by atoms with Crippen molar-refractivity contribution in [2.75, 3.05) is 37.6 Å². The van der Waals surface area contributed by atoms with Crippen molar-refractivity contribution in [3.8, 4) is 0 Å². The molecule has 0 bridgehead atoms. The zero-order chi connectivity index (χ0) is 18.5. The molecule has 1 amide bonds. The van der Waals surface area contributed by atoms with Crippen LogP contribution >= 0.6 is 23.2 Å². The van der Waals surface area contributed by atoms with Gasteiger partial charge in [-0.25, -0.2) is 4.98 Å². The van der Waals surface area contributed by atoms with E-state index in [1.807, 2.05) is 31.2 Å². The number of piperazine rings is 1. The van der Waals surface area contributed by atoms with Gasteiger partial charge >= 0.3 is 0 Å². The van der Waals surface area contributed by atoms with Crippen molar-refractivity contribution in [2.45, 2.75) is 13.0 Å². The van der Waals surface area contributed by atoms with Gasteiger partial charge in [0.1, 0.15) is 5.82 Å². The summed E-state index contributed by atoms with van der Waals surface area (Å²) in [6, 6.07) is 11.1. The van der Waals surface area contributed by atoms with E-state index in [1.54, 1.807) is 18.3 Å². The molecule has 138 valence electrons. The molecule has 3 rings (SSSR count). The van der Waals surface area contributed by atoms with E-state index >= 15 is 0 Å². The van der Waals surface area contributed by atoms with Crippen LogP contribution in [0.25, 0.3) is 0 Å². The minimum Gasteiger partial charge on any atom is -0.354 e. The van der Waals surface area contributed by atoms with Gasteiger partial charge in [-0.3, -0.25) is 9.69 Å². The Balaban J connectivity index is 1.48. The highest BCUT2D eigenvalue weighted by Crippen LogP contribution is 2.26. The molecule has 5 nitrogen and oxygen atoms in total. The van der Waals surface area contributed by atoms with E-state index in [-0.39, 0.29) is 11.9 Å². The quantitative estimate of drug-likeness (QED) is 0.846. The van der Waals surface area contributed by atoms with Gasteiger partial charge in [0.25, 0.3) is 0 Å². The van der Waals surface area contributed by atoms with Crippen LogP contribution in [0.3, 0.4) is 0 Å². The number of halogens is 2. The van der Waals surface area contributed by atoms with Gasteiger partial charge in [-0.1, -0.05) is 35.3 Å². The van der Waals surface area contributed by atoms with Gasteiger partial charge in [0.15, 0.2) is 0 Å². The Morgan fingerprint density at radius 2 is 1.96 bits per heavy atom. The Bertz CT molecular complexity index is 748. The topological polar surface area (TPSA) is 48.5 Å². The largest absolute Gasteiger partial charge is 0.354 e. The van der Waals surface area contributed by atoms with Gasteiger partial charge in [-0.15, -0.1) is 0 Å². The highest BCUT2D eigenvalue weighted by Gasteiger charge is 2.21. The van der Waals surface area contributed by atoms with Crippen LogP contribution in [-0.2, 0) is 4.79 Å². The van der Waals surface area contributed by atoms with Gasteiger partial charge in [0, 0.05) is 42.4 Å². The molecule has 1 fully saturated rings. The number of hydrogen-bond acceptors (Lipinski definition) is 4. The Hall–Kier alpha value is -1.82. The lowest BCUT2D eigenvalue weighted by atomic mass is 10.1. The Kier molecular flexibility index (Phi) is 6.35. The molecular formula is C19H22Cl2N4O. The van der Waals surface area contributed by atoms with E-state index in [1.165, 1.54) is 0 Å². The van der Waals surface area contributed by atoms with E-state index in [9.17, 15) is 4.79 Å². The number of hydrogen-bond donors (Lipinski definition) is 1. The van der Waals surface area contributed by atoms with Crippen molar-refractivity contribution in [3.05, 3.63) is 58.2 Å². The third-order valence-electron chi connectivity index (χ3n) is 4.52. The molecule has 1 saturated heterocycles. The summed E-state index contributed by atoms with van der Waals surface area (Å²) in [4.78, 5) is 21.2. The molecule has 0 aliphatic carbocycles. The third-order valence-corrected chi connectivity index (χ3v) is 5.08. The minimum absolute atomic E-state index is 0.00481. The second-order valence-corrected chi connectivity index (χ2v) is 7.25. The van der Waals surface area contributed by atoms with Gasteiger partial charge in [-0.05, 0) is 36.8 Å². The molecule has 0 unspecified atom stereocenters. The Labute approximate surface area is 163 Å². The standard InChI is InChI=1S/C19H22Cl2N4O/c1-14(16-6-5-15(20)12-17(16)21)23-19(26)13-24-8-10-25(11-9-24)18-4-2-3-7-22-18/h2-7,12,14H,8-11,13H2,1H3,(H,23,26)/t14-/m1/s1. The van der Waals surface area contributed by atoms with Crippen molar-refractivity contribution in [1.82, 2.24) is 15.2 Å². The van der Waals surface area contributed by atoms with Crippen molar-refractivity contribution in [3.63, 3.8) is 0 Å². The molecule has 1 aromatic heterocycles. The Morgan fingerprint density at radius 3 is 2.62 bits per heavy atom. The fourth-order valence-electron chi connectivity index (χ4n) is 3.10. The molecule has 26 heavy (non-hydrogen) atoms. The number of anilines is 1. The Morgan fingerprint density at radius 1 is 1.19 bits per heavy atom. The number of pyridine rings is 1. The molecule has 1 aliphatic heterocycles. The molecule has 2 heterocycles. The van der Waals surface area contributed by atoms with Crippen LogP contribution in [0.1, 0.15) is 18.5 Å². The molecule has 1 aromatic carbocycles. The van der Waals surface area contributed by atoms with Gasteiger partial charge < -0.3 is 10.2 Å². The number of carbonyl (C=O) groups excluding carboxylic acids is 1. The molecular weight excluding hydrogens is 371 g/mol. The lowest BCUT2D eigenvalue weighted by molar-refractivity contribution is -0.123. The van der Waals surface area contributed by atoms with Gasteiger partial charge in [0.05, 0.1) is 12.6 Å². The monoisotopic (exact) mass is 392 g/mol. The average Bonchev–Trinajstić information content (AvgIpc) is 2.63. The maximum Gasteiger partial charge on any atom is 0.234 e. The van der Waals surface area contributed by atoms with E-state index in [2.05, 4.69) is 20.1 Å². The number of amides is 1. The van der Waals surface area contributed by atoms with Crippen LogP contribution in [0.2, 0.25) is 10.0 Å². The molecule has 7 heteroatoms. The number of rotatable bonds is 5. The number of carbonyl (C=O) groups is 1. The SMILES string of the molecule is C[C@@H](NC(=O)CN1CCN(c2ccccn2)CC1)c1ccc(Cl)cc1Cl. The molecule has 0 spiro atoms. The van der Waals surface area contributed by atoms with Crippen molar-refractivity contribution < 1.29 is 4.79 Å². The molecule has 0 saturated carbocycles. The number of aromatic nitrogens is 1. The van der Waals surface area contributed by atoms with Crippen molar-refractivity contribution in [1.29, 1.82) is 0 Å². The molecule has 1 atom stereocenters. The van der Waals surface area contributed by atoms with Crippen LogP contribution in [0.15, 0.2) is 42.6 Å². The van der Waals surface area contributed by atoms with Crippen LogP contribution in [0, 0.1) is 0 Å². The summed E-state index contributed by atoms with van der Waals surface area (Å²) in [6.07, 6.45) is 1.80. The smallest absolute Gasteiger partial charge is 0.234 e. The van der Waals surface area contributed by atoms with E-state index in [4.69, 9.17) is 23.2 Å². The predicted molar refractivity (Wildman–Crippen MR) is 106 cm³/mol. The van der Waals surface area contributed by atoms with Crippen molar-refractivity contribution in [2.24, 2.45) is 0 Å². The van der Waals surface area contributed by atoms with E-state index < -0.39 is 0 Å². The second kappa shape index (κ2) is 8.71. The summed E-state index contributed by atoms with van der Waals surface area (Å²) in [6.45, 7) is 5.70. The maximum atomic E-state index is 12.4. The first-order valence-corrected chi connectivity index (χ1v) is 9.41. The molecule has 0 radical (unpaired) electrons. The summed E-state index contributed by atoms with van der Waals surface area (Å²) < 4.78 is 0. The highest BCUT2D eigenvalue weighted by molar-refractivity contribution is 6.35. The van der Waals surface area contributed by atoms with Crippen LogP contribution in [-0.4, -0.2) is 48.5 Å². The molecule has 1 N–H and O–H groups in total. The molecule has 2 aromatic rings. The summed E-state index contributed by atoms with van der Waals surface area (Å²) in [7, 11) is 0. The van der Waals surface area contributed by atoms with Crippen molar-refractivity contribution >= 4 is 34.9 Å². The lowest BCUT2D eigenvalue weighted by Crippen LogP contribution is -2.49. The number of nitrogens with zero attached hydrogens (tertiary/aromatic N) is 3. The first-order valence-electron chi connectivity index (χ1n) is 8.65. The maximum absolute atomic E-state index is 12.4. The first kappa shape index (κ1) is 19.0. The highest BCUT2D eigenvalue weighted by atomic mass is 35.5. The summed E-state index contributed by atoms with van der Waals surface area (Å²) in [5, 5.41) is 4.16. The number of benzene rings is 1. The zero-order valence-corrected chi connectivity index (χ0v) is 16.2. The van der Waals surface area contributed by atoms with Gasteiger partial charge in [0.2, 0.25) is 5.91 Å². The molecule has 1 aliphatic rings. The first-order chi connectivity index (χ1) is 12.5. The predicted octanol–water partition coefficient (Wildman–Crippen LogP) is 3.39. The lowest BCUT2D eigenvalue weighted by Gasteiger charge is -2.35.